The number of benzene rings is 1. The van der Waals surface area contributed by atoms with Crippen molar-refractivity contribution in [2.75, 3.05) is 11.1 Å². The Morgan fingerprint density at radius 3 is 2.19 bits per heavy atom. The molecular formula is C18H27N3O5. The fourth-order valence-electron chi connectivity index (χ4n) is 2.14. The molecule has 1 unspecified atom stereocenters. The molecule has 8 heteroatoms. The van der Waals surface area contributed by atoms with Crippen LogP contribution in [0.4, 0.5) is 11.4 Å². The molecule has 0 fully saturated rings. The van der Waals surface area contributed by atoms with Crippen LogP contribution in [0.25, 0.3) is 0 Å². The zero-order valence-electron chi connectivity index (χ0n) is 15.8. The van der Waals surface area contributed by atoms with Crippen LogP contribution < -0.4 is 16.8 Å². The molecule has 1 rings (SSSR count). The van der Waals surface area contributed by atoms with Gasteiger partial charge in [0.25, 0.3) is 0 Å². The van der Waals surface area contributed by atoms with E-state index in [2.05, 4.69) is 5.32 Å². The molecule has 0 saturated carbocycles. The minimum absolute atomic E-state index is 0.283. The number of anilines is 2. The summed E-state index contributed by atoms with van der Waals surface area (Å²) in [5.41, 5.74) is 11.2. The van der Waals surface area contributed by atoms with Gasteiger partial charge in [-0.15, -0.1) is 0 Å². The highest BCUT2D eigenvalue weighted by Crippen LogP contribution is 2.24. The Balaban J connectivity index is 2.84. The summed E-state index contributed by atoms with van der Waals surface area (Å²) in [5.74, 6) is -3.14. The summed E-state index contributed by atoms with van der Waals surface area (Å²) >= 11 is 0. The molecular weight excluding hydrogens is 338 g/mol. The van der Waals surface area contributed by atoms with Gasteiger partial charge in [-0.2, -0.15) is 0 Å². The second kappa shape index (κ2) is 7.74. The molecule has 0 heterocycles. The van der Waals surface area contributed by atoms with Gasteiger partial charge in [0.15, 0.2) is 0 Å². The van der Waals surface area contributed by atoms with E-state index in [9.17, 15) is 19.5 Å². The van der Waals surface area contributed by atoms with Crippen molar-refractivity contribution in [2.45, 2.75) is 58.6 Å². The average Bonchev–Trinajstić information content (AvgIpc) is 2.48. The first-order valence-corrected chi connectivity index (χ1v) is 8.18. The smallest absolute Gasteiger partial charge is 0.338 e. The van der Waals surface area contributed by atoms with Crippen molar-refractivity contribution in [3.8, 4) is 0 Å². The highest BCUT2D eigenvalue weighted by molar-refractivity contribution is 6.04. The Morgan fingerprint density at radius 2 is 1.69 bits per heavy atom. The number of carboxylic acid groups (broad SMARTS) is 1. The SMILES string of the molecule is Cc1cc(N)c(NC(=O)CCC(N)(C(=O)O)C(=O)OC(C)(C)C)cc1C. The van der Waals surface area contributed by atoms with E-state index in [4.69, 9.17) is 16.2 Å². The number of rotatable bonds is 6. The average molecular weight is 365 g/mol. The summed E-state index contributed by atoms with van der Waals surface area (Å²) < 4.78 is 5.07. The number of nitrogens with two attached hydrogens (primary N) is 2. The molecule has 0 spiro atoms. The van der Waals surface area contributed by atoms with Crippen molar-refractivity contribution in [1.29, 1.82) is 0 Å². The standard InChI is InChI=1S/C18H27N3O5/c1-10-8-12(19)13(9-11(10)2)21-14(22)6-7-18(20,15(23)24)16(25)26-17(3,4)5/h8-9H,6-7,19-20H2,1-5H3,(H,21,22)(H,23,24). The fourth-order valence-corrected chi connectivity index (χ4v) is 2.14. The van der Waals surface area contributed by atoms with Gasteiger partial charge >= 0.3 is 11.9 Å². The van der Waals surface area contributed by atoms with Crippen molar-refractivity contribution < 1.29 is 24.2 Å². The van der Waals surface area contributed by atoms with Gasteiger partial charge in [-0.1, -0.05) is 0 Å². The minimum atomic E-state index is -2.31. The number of amides is 1. The van der Waals surface area contributed by atoms with E-state index in [1.54, 1.807) is 32.9 Å². The molecule has 0 aliphatic heterocycles. The summed E-state index contributed by atoms with van der Waals surface area (Å²) in [7, 11) is 0. The molecule has 0 radical (unpaired) electrons. The number of aryl methyl sites for hydroxylation is 2. The van der Waals surface area contributed by atoms with Crippen LogP contribution in [0.2, 0.25) is 0 Å². The molecule has 1 atom stereocenters. The Morgan fingerprint density at radius 1 is 1.15 bits per heavy atom. The van der Waals surface area contributed by atoms with Gasteiger partial charge in [-0.3, -0.25) is 4.79 Å². The van der Waals surface area contributed by atoms with Gasteiger partial charge in [0.05, 0.1) is 11.4 Å². The maximum absolute atomic E-state index is 12.2. The predicted octanol–water partition coefficient (Wildman–Crippen LogP) is 1.73. The summed E-state index contributed by atoms with van der Waals surface area (Å²) in [6.45, 7) is 8.57. The van der Waals surface area contributed by atoms with E-state index in [1.165, 1.54) is 0 Å². The van der Waals surface area contributed by atoms with Crippen LogP contribution in [0.3, 0.4) is 0 Å². The van der Waals surface area contributed by atoms with Crippen LogP contribution in [0, 0.1) is 13.8 Å². The zero-order valence-corrected chi connectivity index (χ0v) is 15.8. The molecule has 144 valence electrons. The molecule has 0 bridgehead atoms. The second-order valence-corrected chi connectivity index (χ2v) is 7.35. The number of nitrogens with one attached hydrogen (secondary N) is 1. The number of carbonyl (C=O) groups is 3. The topological polar surface area (TPSA) is 145 Å². The molecule has 1 aromatic rings. The Labute approximate surface area is 152 Å². The van der Waals surface area contributed by atoms with Gasteiger partial charge in [0.1, 0.15) is 5.60 Å². The van der Waals surface area contributed by atoms with Crippen molar-refractivity contribution in [3.63, 3.8) is 0 Å². The van der Waals surface area contributed by atoms with E-state index in [0.717, 1.165) is 11.1 Å². The summed E-state index contributed by atoms with van der Waals surface area (Å²) in [5, 5.41) is 11.9. The van der Waals surface area contributed by atoms with Gasteiger partial charge in [0, 0.05) is 6.42 Å². The van der Waals surface area contributed by atoms with Crippen molar-refractivity contribution >= 4 is 29.2 Å². The van der Waals surface area contributed by atoms with E-state index < -0.39 is 35.4 Å². The molecule has 0 saturated heterocycles. The Hall–Kier alpha value is -2.61. The lowest BCUT2D eigenvalue weighted by Gasteiger charge is -2.28. The van der Waals surface area contributed by atoms with Gasteiger partial charge in [-0.05, 0) is 64.3 Å². The third kappa shape index (κ3) is 5.45. The highest BCUT2D eigenvalue weighted by atomic mass is 16.6. The third-order valence-electron chi connectivity index (χ3n) is 3.83. The number of carbonyl (C=O) groups excluding carboxylic acids is 2. The molecule has 8 nitrogen and oxygen atoms in total. The maximum Gasteiger partial charge on any atom is 0.338 e. The van der Waals surface area contributed by atoms with Crippen molar-refractivity contribution in [3.05, 3.63) is 23.3 Å². The third-order valence-corrected chi connectivity index (χ3v) is 3.83. The van der Waals surface area contributed by atoms with Crippen LogP contribution in [0.5, 0.6) is 0 Å². The van der Waals surface area contributed by atoms with Crippen molar-refractivity contribution in [2.24, 2.45) is 5.73 Å². The van der Waals surface area contributed by atoms with E-state index in [-0.39, 0.29) is 6.42 Å². The highest BCUT2D eigenvalue weighted by Gasteiger charge is 2.45. The van der Waals surface area contributed by atoms with Crippen molar-refractivity contribution in [1.82, 2.24) is 0 Å². The van der Waals surface area contributed by atoms with Crippen LogP contribution >= 0.6 is 0 Å². The quantitative estimate of drug-likeness (QED) is 0.341. The number of carboxylic acids is 1. The molecule has 1 amide bonds. The summed E-state index contributed by atoms with van der Waals surface area (Å²) in [4.78, 5) is 35.8. The first-order valence-electron chi connectivity index (χ1n) is 8.18. The fraction of sp³-hybridized carbons (Fsp3) is 0.500. The molecule has 1 aromatic carbocycles. The predicted molar refractivity (Wildman–Crippen MR) is 98.6 cm³/mol. The van der Waals surface area contributed by atoms with Gasteiger partial charge < -0.3 is 26.6 Å². The van der Waals surface area contributed by atoms with E-state index in [0.29, 0.717) is 11.4 Å². The van der Waals surface area contributed by atoms with E-state index >= 15 is 0 Å². The van der Waals surface area contributed by atoms with E-state index in [1.807, 2.05) is 13.8 Å². The number of hydrogen-bond acceptors (Lipinski definition) is 6. The van der Waals surface area contributed by atoms with Gasteiger partial charge in [0.2, 0.25) is 11.4 Å². The molecule has 0 aliphatic rings. The lowest BCUT2D eigenvalue weighted by atomic mass is 9.94. The monoisotopic (exact) mass is 365 g/mol. The first kappa shape index (κ1) is 21.4. The van der Waals surface area contributed by atoms with Gasteiger partial charge in [-0.25, -0.2) is 9.59 Å². The lowest BCUT2D eigenvalue weighted by molar-refractivity contribution is -0.169. The van der Waals surface area contributed by atoms with Crippen LogP contribution in [-0.2, 0) is 19.1 Å². The summed E-state index contributed by atoms with van der Waals surface area (Å²) in [6.07, 6.45) is -0.692. The van der Waals surface area contributed by atoms with Crippen LogP contribution in [-0.4, -0.2) is 34.1 Å². The summed E-state index contributed by atoms with van der Waals surface area (Å²) in [6, 6.07) is 3.46. The normalized spacial score (nSPS) is 13.6. The second-order valence-electron chi connectivity index (χ2n) is 7.35. The minimum Gasteiger partial charge on any atom is -0.479 e. The number of esters is 1. The molecule has 0 aromatic heterocycles. The number of ether oxygens (including phenoxy) is 1. The number of aliphatic carboxylic acids is 1. The lowest BCUT2D eigenvalue weighted by Crippen LogP contribution is -2.57. The largest absolute Gasteiger partial charge is 0.479 e. The Kier molecular flexibility index (Phi) is 6.38. The maximum atomic E-state index is 12.2. The number of hydrogen-bond donors (Lipinski definition) is 4. The number of nitrogen functional groups attached to an aromatic ring is 1. The Bertz CT molecular complexity index is 724. The van der Waals surface area contributed by atoms with Crippen LogP contribution in [0.1, 0.15) is 44.7 Å². The molecule has 0 aliphatic carbocycles. The first-order chi connectivity index (χ1) is 11.8. The zero-order chi connectivity index (χ0) is 20.3. The molecule has 6 N–H and O–H groups in total. The molecule has 26 heavy (non-hydrogen) atoms. The van der Waals surface area contributed by atoms with Crippen LogP contribution in [0.15, 0.2) is 12.1 Å².